The molecule has 0 unspecified atom stereocenters. The third kappa shape index (κ3) is 4.72. The number of ether oxygens (including phenoxy) is 1. The third-order valence-corrected chi connectivity index (χ3v) is 3.28. The second-order valence-electron chi connectivity index (χ2n) is 3.59. The van der Waals surface area contributed by atoms with Crippen LogP contribution in [0.1, 0.15) is 0 Å². The average Bonchev–Trinajstić information content (AvgIpc) is 2.27. The first-order valence-electron chi connectivity index (χ1n) is 4.95. The van der Waals surface area contributed by atoms with Crippen LogP contribution >= 0.6 is 34.2 Å². The number of fused-ring (bicyclic) bond motifs is 1. The number of hydrogen-bond acceptors (Lipinski definition) is 2. The normalized spacial score (nSPS) is 11.2. The van der Waals surface area contributed by atoms with Crippen molar-refractivity contribution in [1.29, 1.82) is 0 Å². The Morgan fingerprint density at radius 2 is 2.05 bits per heavy atom. The molecular weight excluding hydrogens is 419 g/mol. The molecule has 0 bridgehead atoms. The first kappa shape index (κ1) is 18.0. The summed E-state index contributed by atoms with van der Waals surface area (Å²) in [7, 11) is 0. The van der Waals surface area contributed by atoms with Gasteiger partial charge in [0, 0.05) is 11.6 Å². The maximum absolute atomic E-state index is 12.2. The molecule has 96 valence electrons. The van der Waals surface area contributed by atoms with Crippen LogP contribution in [0.3, 0.4) is 0 Å². The molecule has 1 aromatic heterocycles. The SMILES string of the molecule is F[B-](F)(F)COc1c(I)cc(Cl)c2cccnc12.[K+]. The van der Waals surface area contributed by atoms with Crippen molar-refractivity contribution >= 4 is 52.1 Å². The maximum Gasteiger partial charge on any atom is 1.00 e. The zero-order chi connectivity index (χ0) is 13.3. The molecule has 2 rings (SSSR count). The zero-order valence-electron chi connectivity index (χ0n) is 9.84. The Balaban J connectivity index is 0.00000180. The Labute approximate surface area is 169 Å². The molecule has 0 atom stereocenters. The van der Waals surface area contributed by atoms with Crippen LogP contribution in [-0.2, 0) is 0 Å². The van der Waals surface area contributed by atoms with E-state index in [1.807, 2.05) is 22.6 Å². The van der Waals surface area contributed by atoms with E-state index < -0.39 is 13.5 Å². The van der Waals surface area contributed by atoms with Crippen LogP contribution < -0.4 is 56.1 Å². The number of halogens is 5. The predicted octanol–water partition coefficient (Wildman–Crippen LogP) is 1.26. The minimum absolute atomic E-state index is 0. The topological polar surface area (TPSA) is 22.1 Å². The van der Waals surface area contributed by atoms with E-state index in [1.54, 1.807) is 18.2 Å². The minimum atomic E-state index is -5.00. The summed E-state index contributed by atoms with van der Waals surface area (Å²) in [6, 6.07) is 4.91. The Hall–Kier alpha value is 0.941. The van der Waals surface area contributed by atoms with Gasteiger partial charge in [0.05, 0.1) is 15.1 Å². The summed E-state index contributed by atoms with van der Waals surface area (Å²) in [6.45, 7) is -6.29. The van der Waals surface area contributed by atoms with Gasteiger partial charge in [-0.25, -0.2) is 0 Å². The van der Waals surface area contributed by atoms with Gasteiger partial charge in [-0.3, -0.25) is 4.98 Å². The molecule has 0 aliphatic rings. The molecule has 2 nitrogen and oxygen atoms in total. The molecule has 0 aliphatic heterocycles. The van der Waals surface area contributed by atoms with E-state index in [2.05, 4.69) is 4.98 Å². The van der Waals surface area contributed by atoms with Gasteiger partial charge in [0.15, 0.2) is 5.75 Å². The van der Waals surface area contributed by atoms with Gasteiger partial charge >= 0.3 is 58.4 Å². The number of nitrogens with zero attached hydrogens (tertiary/aromatic N) is 1. The van der Waals surface area contributed by atoms with E-state index in [0.29, 0.717) is 19.5 Å². The zero-order valence-corrected chi connectivity index (χ0v) is 15.9. The standard InChI is InChI=1S/C10H6BClF3INO.K/c12-7-4-8(16)10(18-5-11(13,14)15)9-6(7)2-1-3-17-9;/h1-4H,5H2;/q-1;+1. The van der Waals surface area contributed by atoms with Crippen molar-refractivity contribution in [1.82, 2.24) is 4.98 Å². The molecule has 0 aliphatic carbocycles. The summed E-state index contributed by atoms with van der Waals surface area (Å²) in [6.07, 6.45) is 1.49. The van der Waals surface area contributed by atoms with E-state index in [1.165, 1.54) is 6.20 Å². The third-order valence-electron chi connectivity index (χ3n) is 2.17. The molecule has 9 heteroatoms. The van der Waals surface area contributed by atoms with Gasteiger partial charge < -0.3 is 17.7 Å². The first-order chi connectivity index (χ1) is 8.38. The van der Waals surface area contributed by atoms with Crippen molar-refractivity contribution in [3.05, 3.63) is 33.0 Å². The fourth-order valence-electron chi connectivity index (χ4n) is 1.46. The second-order valence-corrected chi connectivity index (χ2v) is 5.16. The summed E-state index contributed by atoms with van der Waals surface area (Å²) in [4.78, 5) is 4.03. The summed E-state index contributed by atoms with van der Waals surface area (Å²) >= 11 is 7.88. The predicted molar refractivity (Wildman–Crippen MR) is 74.0 cm³/mol. The molecule has 0 N–H and O–H groups in total. The number of benzene rings is 1. The quantitative estimate of drug-likeness (QED) is 0.546. The summed E-state index contributed by atoms with van der Waals surface area (Å²) < 4.78 is 42.1. The van der Waals surface area contributed by atoms with Gasteiger partial charge in [-0.15, -0.1) is 0 Å². The van der Waals surface area contributed by atoms with E-state index in [0.717, 1.165) is 0 Å². The second kappa shape index (κ2) is 7.28. The smallest absolute Gasteiger partial charge is 0.519 e. The number of aromatic nitrogens is 1. The van der Waals surface area contributed by atoms with Crippen molar-refractivity contribution in [2.75, 3.05) is 6.51 Å². The Morgan fingerprint density at radius 3 is 2.68 bits per heavy atom. The molecule has 0 radical (unpaired) electrons. The number of pyridine rings is 1. The van der Waals surface area contributed by atoms with Crippen LogP contribution in [0.15, 0.2) is 24.4 Å². The van der Waals surface area contributed by atoms with Crippen LogP contribution in [0.5, 0.6) is 5.75 Å². The van der Waals surface area contributed by atoms with Crippen LogP contribution in [0.25, 0.3) is 10.9 Å². The van der Waals surface area contributed by atoms with E-state index in [4.69, 9.17) is 16.3 Å². The molecule has 0 amide bonds. The molecule has 19 heavy (non-hydrogen) atoms. The molecule has 2 aromatic rings. The fraction of sp³-hybridized carbons (Fsp3) is 0.100. The van der Waals surface area contributed by atoms with Crippen molar-refractivity contribution < 1.29 is 69.1 Å². The van der Waals surface area contributed by atoms with Crippen molar-refractivity contribution in [2.45, 2.75) is 0 Å². The molecular formula is C10H6BClF3IKNO. The van der Waals surface area contributed by atoms with Crippen molar-refractivity contribution in [2.24, 2.45) is 0 Å². The van der Waals surface area contributed by atoms with Gasteiger partial charge in [-0.05, 0) is 40.8 Å². The molecule has 0 spiro atoms. The van der Waals surface area contributed by atoms with Gasteiger partial charge in [-0.2, -0.15) is 0 Å². The Bertz CT molecular complexity index is 599. The van der Waals surface area contributed by atoms with Crippen molar-refractivity contribution in [3.8, 4) is 5.75 Å². The summed E-state index contributed by atoms with van der Waals surface area (Å²) in [5, 5.41) is 1.01. The molecule has 1 aromatic carbocycles. The fourth-order valence-corrected chi connectivity index (χ4v) is 2.63. The van der Waals surface area contributed by atoms with E-state index in [-0.39, 0.29) is 57.1 Å². The van der Waals surface area contributed by atoms with Crippen LogP contribution in [0, 0.1) is 3.57 Å². The first-order valence-corrected chi connectivity index (χ1v) is 6.40. The molecule has 0 saturated heterocycles. The van der Waals surface area contributed by atoms with Crippen LogP contribution in [-0.4, -0.2) is 18.5 Å². The molecule has 0 saturated carbocycles. The van der Waals surface area contributed by atoms with E-state index >= 15 is 0 Å². The monoisotopic (exact) mass is 425 g/mol. The van der Waals surface area contributed by atoms with Gasteiger partial charge in [0.1, 0.15) is 5.52 Å². The van der Waals surface area contributed by atoms with Crippen LogP contribution in [0.2, 0.25) is 5.02 Å². The van der Waals surface area contributed by atoms with Gasteiger partial charge in [-0.1, -0.05) is 11.6 Å². The summed E-state index contributed by atoms with van der Waals surface area (Å²) in [5.41, 5.74) is 0.342. The largest absolute Gasteiger partial charge is 1.00 e. The van der Waals surface area contributed by atoms with Gasteiger partial charge in [0.2, 0.25) is 0 Å². The van der Waals surface area contributed by atoms with Crippen LogP contribution in [0.4, 0.5) is 12.9 Å². The minimum Gasteiger partial charge on any atom is -0.519 e. The Kier molecular flexibility index (Phi) is 6.89. The Morgan fingerprint density at radius 1 is 1.37 bits per heavy atom. The van der Waals surface area contributed by atoms with Crippen molar-refractivity contribution in [3.63, 3.8) is 0 Å². The molecule has 1 heterocycles. The number of rotatable bonds is 3. The van der Waals surface area contributed by atoms with Gasteiger partial charge in [0.25, 0.3) is 0 Å². The average molecular weight is 425 g/mol. The number of hydrogen-bond donors (Lipinski definition) is 0. The maximum atomic E-state index is 12.2. The molecule has 0 fully saturated rings. The van der Waals surface area contributed by atoms with E-state index in [9.17, 15) is 12.9 Å². The summed E-state index contributed by atoms with van der Waals surface area (Å²) in [5.74, 6) is 0.120.